The molecule has 2 rings (SSSR count). The van der Waals surface area contributed by atoms with Gasteiger partial charge in [-0.15, -0.1) is 0 Å². The number of nitrogens with two attached hydrogens (primary N) is 1. The van der Waals surface area contributed by atoms with Crippen LogP contribution in [0.15, 0.2) is 0 Å². The first-order chi connectivity index (χ1) is 8.00. The van der Waals surface area contributed by atoms with Crippen LogP contribution in [0.4, 0.5) is 0 Å². The van der Waals surface area contributed by atoms with Gasteiger partial charge in [-0.3, -0.25) is 0 Å². The first kappa shape index (κ1) is 13.4. The molecule has 1 unspecified atom stereocenters. The van der Waals surface area contributed by atoms with Crippen molar-refractivity contribution in [2.24, 2.45) is 17.1 Å². The van der Waals surface area contributed by atoms with Gasteiger partial charge in [-0.1, -0.05) is 19.3 Å². The van der Waals surface area contributed by atoms with E-state index in [1.807, 2.05) is 0 Å². The van der Waals surface area contributed by atoms with Crippen molar-refractivity contribution in [3.05, 3.63) is 0 Å². The van der Waals surface area contributed by atoms with Crippen molar-refractivity contribution >= 4 is 0 Å². The molecule has 1 aliphatic heterocycles. The van der Waals surface area contributed by atoms with Crippen LogP contribution in [0, 0.1) is 11.3 Å². The molecular weight excluding hydrogens is 208 g/mol. The van der Waals surface area contributed by atoms with Crippen molar-refractivity contribution in [2.75, 3.05) is 20.1 Å². The van der Waals surface area contributed by atoms with E-state index in [4.69, 9.17) is 5.73 Å². The maximum Gasteiger partial charge on any atom is 0.0156 e. The van der Waals surface area contributed by atoms with Crippen LogP contribution in [0.25, 0.3) is 0 Å². The Morgan fingerprint density at radius 1 is 1.18 bits per heavy atom. The second kappa shape index (κ2) is 4.89. The van der Waals surface area contributed by atoms with E-state index in [1.54, 1.807) is 0 Å². The lowest BCUT2D eigenvalue weighted by atomic mass is 9.60. The predicted octanol–water partition coefficient (Wildman–Crippen LogP) is 3.02. The van der Waals surface area contributed by atoms with Gasteiger partial charge in [0.15, 0.2) is 0 Å². The second-order valence-corrected chi connectivity index (χ2v) is 7.06. The van der Waals surface area contributed by atoms with Crippen molar-refractivity contribution in [3.8, 4) is 0 Å². The van der Waals surface area contributed by atoms with E-state index in [9.17, 15) is 0 Å². The van der Waals surface area contributed by atoms with E-state index in [0.717, 1.165) is 12.5 Å². The van der Waals surface area contributed by atoms with Crippen molar-refractivity contribution in [2.45, 2.75) is 64.3 Å². The Kier molecular flexibility index (Phi) is 3.84. The molecule has 0 aromatic heterocycles. The summed E-state index contributed by atoms with van der Waals surface area (Å²) < 4.78 is 0. The van der Waals surface area contributed by atoms with Crippen LogP contribution in [-0.2, 0) is 0 Å². The molecule has 0 radical (unpaired) electrons. The molecule has 17 heavy (non-hydrogen) atoms. The molecule has 1 aliphatic carbocycles. The van der Waals surface area contributed by atoms with Crippen LogP contribution < -0.4 is 5.73 Å². The minimum Gasteiger partial charge on any atom is -0.330 e. The molecular formula is C15H30N2. The van der Waals surface area contributed by atoms with Crippen LogP contribution in [0.5, 0.6) is 0 Å². The minimum absolute atomic E-state index is 0.328. The van der Waals surface area contributed by atoms with Crippen LogP contribution in [0.3, 0.4) is 0 Å². The van der Waals surface area contributed by atoms with Crippen molar-refractivity contribution in [1.29, 1.82) is 0 Å². The molecule has 1 saturated carbocycles. The third-order valence-corrected chi connectivity index (χ3v) is 5.64. The summed E-state index contributed by atoms with van der Waals surface area (Å²) in [5.41, 5.74) is 6.99. The topological polar surface area (TPSA) is 29.3 Å². The molecule has 2 fully saturated rings. The number of rotatable bonds is 2. The highest BCUT2D eigenvalue weighted by molar-refractivity contribution is 5.00. The van der Waals surface area contributed by atoms with Gasteiger partial charge < -0.3 is 10.6 Å². The molecule has 1 heterocycles. The summed E-state index contributed by atoms with van der Waals surface area (Å²) in [6.45, 7) is 6.90. The van der Waals surface area contributed by atoms with E-state index >= 15 is 0 Å². The van der Waals surface area contributed by atoms with Gasteiger partial charge in [0.2, 0.25) is 0 Å². The molecule has 100 valence electrons. The molecule has 1 atom stereocenters. The summed E-state index contributed by atoms with van der Waals surface area (Å²) in [6, 6.07) is 0. The summed E-state index contributed by atoms with van der Waals surface area (Å²) in [7, 11) is 2.27. The quantitative estimate of drug-likeness (QED) is 0.801. The number of nitrogens with zero attached hydrogens (tertiary/aromatic N) is 1. The molecule has 0 spiro atoms. The number of piperidine rings is 1. The normalized spacial score (nSPS) is 36.0. The maximum atomic E-state index is 6.22. The van der Waals surface area contributed by atoms with E-state index < -0.39 is 0 Å². The lowest BCUT2D eigenvalue weighted by Gasteiger charge is -2.54. The molecule has 0 bridgehead atoms. The highest BCUT2D eigenvalue weighted by Crippen LogP contribution is 2.49. The third-order valence-electron chi connectivity index (χ3n) is 5.64. The third kappa shape index (κ3) is 2.53. The molecule has 0 aromatic rings. The monoisotopic (exact) mass is 238 g/mol. The Bertz CT molecular complexity index is 256. The lowest BCUT2D eigenvalue weighted by molar-refractivity contribution is -0.0262. The van der Waals surface area contributed by atoms with Gasteiger partial charge in [-0.05, 0) is 71.0 Å². The standard InChI is InChI=1S/C15H30N2/c1-14(2)11-15(12-16,9-10-17(14)3)13-7-5-4-6-8-13/h13H,4-12,16H2,1-3H3. The largest absolute Gasteiger partial charge is 0.330 e. The van der Waals surface area contributed by atoms with Gasteiger partial charge in [0.05, 0.1) is 0 Å². The van der Waals surface area contributed by atoms with Crippen LogP contribution in [0.1, 0.15) is 58.8 Å². The molecule has 2 N–H and O–H groups in total. The zero-order valence-electron chi connectivity index (χ0n) is 12.0. The van der Waals surface area contributed by atoms with E-state index in [1.165, 1.54) is 51.5 Å². The molecule has 2 heteroatoms. The number of hydrogen-bond acceptors (Lipinski definition) is 2. The average Bonchev–Trinajstić information content (AvgIpc) is 2.34. The zero-order valence-corrected chi connectivity index (χ0v) is 12.0. The van der Waals surface area contributed by atoms with E-state index in [0.29, 0.717) is 11.0 Å². The summed E-state index contributed by atoms with van der Waals surface area (Å²) in [6.07, 6.45) is 9.77. The Hall–Kier alpha value is -0.0800. The van der Waals surface area contributed by atoms with Crippen molar-refractivity contribution in [1.82, 2.24) is 4.90 Å². The SMILES string of the molecule is CN1CCC(CN)(C2CCCCC2)CC1(C)C. The average molecular weight is 238 g/mol. The highest BCUT2D eigenvalue weighted by Gasteiger charge is 2.46. The van der Waals surface area contributed by atoms with Crippen LogP contribution in [-0.4, -0.2) is 30.6 Å². The molecule has 2 aliphatic rings. The Morgan fingerprint density at radius 3 is 2.35 bits per heavy atom. The Balaban J connectivity index is 2.13. The van der Waals surface area contributed by atoms with Gasteiger partial charge in [-0.2, -0.15) is 0 Å². The molecule has 1 saturated heterocycles. The fourth-order valence-corrected chi connectivity index (χ4v) is 4.18. The second-order valence-electron chi connectivity index (χ2n) is 7.06. The first-order valence-electron chi connectivity index (χ1n) is 7.41. The Morgan fingerprint density at radius 2 is 1.82 bits per heavy atom. The van der Waals surface area contributed by atoms with Gasteiger partial charge in [0.1, 0.15) is 0 Å². The Labute approximate surface area is 107 Å². The number of likely N-dealkylation sites (tertiary alicyclic amines) is 1. The maximum absolute atomic E-state index is 6.22. The zero-order chi connectivity index (χ0) is 12.5. The highest BCUT2D eigenvalue weighted by atomic mass is 15.2. The van der Waals surface area contributed by atoms with Crippen molar-refractivity contribution in [3.63, 3.8) is 0 Å². The summed E-state index contributed by atoms with van der Waals surface area (Å²) in [5.74, 6) is 0.897. The van der Waals surface area contributed by atoms with Crippen LogP contribution in [0.2, 0.25) is 0 Å². The summed E-state index contributed by atoms with van der Waals surface area (Å²) >= 11 is 0. The van der Waals surface area contributed by atoms with Gasteiger partial charge in [0.25, 0.3) is 0 Å². The number of hydrogen-bond donors (Lipinski definition) is 1. The first-order valence-corrected chi connectivity index (χ1v) is 7.41. The minimum atomic E-state index is 0.328. The lowest BCUT2D eigenvalue weighted by Crippen LogP contribution is -2.56. The fraction of sp³-hybridized carbons (Fsp3) is 1.00. The summed E-state index contributed by atoms with van der Waals surface area (Å²) in [4.78, 5) is 2.52. The predicted molar refractivity (Wildman–Crippen MR) is 74.0 cm³/mol. The van der Waals surface area contributed by atoms with E-state index in [2.05, 4.69) is 25.8 Å². The van der Waals surface area contributed by atoms with Crippen molar-refractivity contribution < 1.29 is 0 Å². The van der Waals surface area contributed by atoms with Crippen LogP contribution >= 0.6 is 0 Å². The fourth-order valence-electron chi connectivity index (χ4n) is 4.18. The van der Waals surface area contributed by atoms with E-state index in [-0.39, 0.29) is 0 Å². The van der Waals surface area contributed by atoms with Gasteiger partial charge >= 0.3 is 0 Å². The summed E-state index contributed by atoms with van der Waals surface area (Å²) in [5, 5.41) is 0. The van der Waals surface area contributed by atoms with Gasteiger partial charge in [0, 0.05) is 5.54 Å². The molecule has 0 amide bonds. The smallest absolute Gasteiger partial charge is 0.0156 e. The molecule has 0 aromatic carbocycles. The van der Waals surface area contributed by atoms with Gasteiger partial charge in [-0.25, -0.2) is 0 Å². The molecule has 2 nitrogen and oxygen atoms in total.